The summed E-state index contributed by atoms with van der Waals surface area (Å²) >= 11 is 0. The molecule has 1 heteroatoms. The summed E-state index contributed by atoms with van der Waals surface area (Å²) in [5.74, 6) is 1.92. The van der Waals surface area contributed by atoms with Crippen LogP contribution in [0.15, 0.2) is 0 Å². The molecule has 3 rings (SSSR count). The van der Waals surface area contributed by atoms with Crippen molar-refractivity contribution in [1.29, 1.82) is 0 Å². The molecular formula is C9H16O. The molecule has 1 nitrogen and oxygen atoms in total. The van der Waals surface area contributed by atoms with Gasteiger partial charge in [0.2, 0.25) is 0 Å². The highest BCUT2D eigenvalue weighted by Gasteiger charge is 2.52. The molecular weight excluding hydrogens is 124 g/mol. The standard InChI is InChI=1S/C9H16O/c1-3-10-9(2)6-7-4-8(9)5-7/h7-8H,3-6H2,1-2H3. The summed E-state index contributed by atoms with van der Waals surface area (Å²) in [4.78, 5) is 0. The lowest BCUT2D eigenvalue weighted by Gasteiger charge is -2.31. The highest BCUT2D eigenvalue weighted by molar-refractivity contribution is 5.03. The quantitative estimate of drug-likeness (QED) is 0.571. The van der Waals surface area contributed by atoms with Gasteiger partial charge in [0.05, 0.1) is 5.60 Å². The van der Waals surface area contributed by atoms with Crippen molar-refractivity contribution in [1.82, 2.24) is 0 Å². The molecule has 0 saturated heterocycles. The molecule has 1 unspecified atom stereocenters. The second-order valence-electron chi connectivity index (χ2n) is 3.98. The highest BCUT2D eigenvalue weighted by Crippen LogP contribution is 2.56. The van der Waals surface area contributed by atoms with E-state index in [0.717, 1.165) is 18.4 Å². The normalized spacial score (nSPS) is 51.0. The molecule has 0 N–H and O–H groups in total. The average molecular weight is 140 g/mol. The van der Waals surface area contributed by atoms with Gasteiger partial charge in [-0.25, -0.2) is 0 Å². The van der Waals surface area contributed by atoms with Crippen LogP contribution in [0, 0.1) is 11.8 Å². The first-order chi connectivity index (χ1) is 4.74. The average Bonchev–Trinajstić information content (AvgIpc) is 2.18. The van der Waals surface area contributed by atoms with Crippen LogP contribution in [0.4, 0.5) is 0 Å². The Balaban J connectivity index is 2.02. The van der Waals surface area contributed by atoms with Crippen LogP contribution in [0.25, 0.3) is 0 Å². The molecule has 3 aliphatic carbocycles. The zero-order valence-electron chi connectivity index (χ0n) is 6.89. The maximum atomic E-state index is 5.74. The van der Waals surface area contributed by atoms with E-state index in [4.69, 9.17) is 4.74 Å². The third kappa shape index (κ3) is 0.731. The van der Waals surface area contributed by atoms with Crippen LogP contribution in [0.1, 0.15) is 33.1 Å². The number of rotatable bonds is 2. The lowest BCUT2D eigenvalue weighted by molar-refractivity contribution is -0.0450. The molecule has 58 valence electrons. The molecule has 3 fully saturated rings. The fraction of sp³-hybridized carbons (Fsp3) is 1.00. The molecule has 0 aromatic heterocycles. The maximum Gasteiger partial charge on any atom is 0.0685 e. The van der Waals surface area contributed by atoms with Crippen LogP contribution in [-0.2, 0) is 4.74 Å². The van der Waals surface area contributed by atoms with Crippen LogP contribution in [-0.4, -0.2) is 12.2 Å². The molecule has 0 amide bonds. The second kappa shape index (κ2) is 1.97. The lowest BCUT2D eigenvalue weighted by Crippen LogP contribution is -2.31. The number of ether oxygens (including phenoxy) is 1. The second-order valence-corrected chi connectivity index (χ2v) is 3.98. The van der Waals surface area contributed by atoms with E-state index < -0.39 is 0 Å². The van der Waals surface area contributed by atoms with Crippen molar-refractivity contribution in [3.63, 3.8) is 0 Å². The first-order valence-corrected chi connectivity index (χ1v) is 4.38. The fourth-order valence-electron chi connectivity index (χ4n) is 2.65. The van der Waals surface area contributed by atoms with Crippen LogP contribution in [0.5, 0.6) is 0 Å². The monoisotopic (exact) mass is 140 g/mol. The van der Waals surface area contributed by atoms with Crippen molar-refractivity contribution in [3.8, 4) is 0 Å². The molecule has 0 aromatic rings. The van der Waals surface area contributed by atoms with Crippen LogP contribution >= 0.6 is 0 Å². The van der Waals surface area contributed by atoms with E-state index in [0.29, 0.717) is 0 Å². The molecule has 0 spiro atoms. The van der Waals surface area contributed by atoms with E-state index in [-0.39, 0.29) is 5.60 Å². The number of fused-ring (bicyclic) bond motifs is 1. The predicted octanol–water partition coefficient (Wildman–Crippen LogP) is 2.21. The smallest absolute Gasteiger partial charge is 0.0685 e. The third-order valence-corrected chi connectivity index (χ3v) is 3.27. The Kier molecular flexibility index (Phi) is 1.31. The molecule has 3 aliphatic rings. The predicted molar refractivity (Wildman–Crippen MR) is 40.9 cm³/mol. The van der Waals surface area contributed by atoms with Crippen LogP contribution in [0.3, 0.4) is 0 Å². The molecule has 10 heavy (non-hydrogen) atoms. The fourth-order valence-corrected chi connectivity index (χ4v) is 2.65. The summed E-state index contributed by atoms with van der Waals surface area (Å²) in [7, 11) is 0. The molecule has 3 saturated carbocycles. The molecule has 0 aliphatic heterocycles. The van der Waals surface area contributed by atoms with Gasteiger partial charge in [0, 0.05) is 6.61 Å². The summed E-state index contributed by atoms with van der Waals surface area (Å²) in [5, 5.41) is 0. The molecule has 2 bridgehead atoms. The summed E-state index contributed by atoms with van der Waals surface area (Å²) in [6.07, 6.45) is 4.21. The minimum absolute atomic E-state index is 0.277. The van der Waals surface area contributed by atoms with Crippen LogP contribution in [0.2, 0.25) is 0 Å². The zero-order valence-corrected chi connectivity index (χ0v) is 6.89. The summed E-state index contributed by atoms with van der Waals surface area (Å²) in [6, 6.07) is 0. The molecule has 0 heterocycles. The van der Waals surface area contributed by atoms with E-state index in [2.05, 4.69) is 13.8 Å². The Morgan fingerprint density at radius 1 is 1.50 bits per heavy atom. The van der Waals surface area contributed by atoms with Crippen molar-refractivity contribution in [2.75, 3.05) is 6.61 Å². The van der Waals surface area contributed by atoms with E-state index in [9.17, 15) is 0 Å². The first kappa shape index (κ1) is 6.66. The largest absolute Gasteiger partial charge is 0.375 e. The van der Waals surface area contributed by atoms with Gasteiger partial charge < -0.3 is 4.74 Å². The van der Waals surface area contributed by atoms with Gasteiger partial charge in [-0.3, -0.25) is 0 Å². The van der Waals surface area contributed by atoms with E-state index in [1.54, 1.807) is 0 Å². The maximum absolute atomic E-state index is 5.74. The lowest BCUT2D eigenvalue weighted by atomic mass is 9.81. The van der Waals surface area contributed by atoms with Crippen molar-refractivity contribution in [2.24, 2.45) is 11.8 Å². The van der Waals surface area contributed by atoms with Crippen molar-refractivity contribution >= 4 is 0 Å². The Morgan fingerprint density at radius 3 is 2.60 bits per heavy atom. The minimum atomic E-state index is 0.277. The van der Waals surface area contributed by atoms with Gasteiger partial charge in [0.25, 0.3) is 0 Å². The van der Waals surface area contributed by atoms with Gasteiger partial charge in [-0.2, -0.15) is 0 Å². The van der Waals surface area contributed by atoms with Gasteiger partial charge in [0.15, 0.2) is 0 Å². The van der Waals surface area contributed by atoms with E-state index >= 15 is 0 Å². The minimum Gasteiger partial charge on any atom is -0.375 e. The SMILES string of the molecule is CCOC1(C)CC2CC1C2. The van der Waals surface area contributed by atoms with Gasteiger partial charge in [-0.1, -0.05) is 0 Å². The van der Waals surface area contributed by atoms with Gasteiger partial charge in [0.1, 0.15) is 0 Å². The van der Waals surface area contributed by atoms with Crippen molar-refractivity contribution in [2.45, 2.75) is 38.7 Å². The number of hydrogen-bond donors (Lipinski definition) is 0. The Morgan fingerprint density at radius 2 is 2.20 bits per heavy atom. The van der Waals surface area contributed by atoms with E-state index in [1.165, 1.54) is 19.3 Å². The van der Waals surface area contributed by atoms with Gasteiger partial charge in [-0.15, -0.1) is 0 Å². The zero-order chi connectivity index (χ0) is 7.19. The third-order valence-electron chi connectivity index (χ3n) is 3.27. The first-order valence-electron chi connectivity index (χ1n) is 4.38. The summed E-state index contributed by atoms with van der Waals surface area (Å²) in [5.41, 5.74) is 0.277. The van der Waals surface area contributed by atoms with Gasteiger partial charge in [-0.05, 0) is 44.9 Å². The highest BCUT2D eigenvalue weighted by atomic mass is 16.5. The van der Waals surface area contributed by atoms with Crippen molar-refractivity contribution < 1.29 is 4.74 Å². The summed E-state index contributed by atoms with van der Waals surface area (Å²) < 4.78 is 5.74. The van der Waals surface area contributed by atoms with Gasteiger partial charge >= 0.3 is 0 Å². The Hall–Kier alpha value is -0.0400. The van der Waals surface area contributed by atoms with Crippen molar-refractivity contribution in [3.05, 3.63) is 0 Å². The Bertz CT molecular complexity index is 138. The molecule has 0 radical (unpaired) electrons. The Labute approximate surface area is 62.8 Å². The summed E-state index contributed by atoms with van der Waals surface area (Å²) in [6.45, 7) is 5.27. The molecule has 1 atom stereocenters. The van der Waals surface area contributed by atoms with Crippen LogP contribution < -0.4 is 0 Å². The topological polar surface area (TPSA) is 9.23 Å². The number of hydrogen-bond acceptors (Lipinski definition) is 1. The van der Waals surface area contributed by atoms with E-state index in [1.807, 2.05) is 0 Å². The molecule has 0 aromatic carbocycles.